The van der Waals surface area contributed by atoms with E-state index in [1.54, 1.807) is 0 Å². The summed E-state index contributed by atoms with van der Waals surface area (Å²) >= 11 is 0. The molecule has 0 spiro atoms. The van der Waals surface area contributed by atoms with Gasteiger partial charge in [0, 0.05) is 6.07 Å². The van der Waals surface area contributed by atoms with E-state index in [2.05, 4.69) is 0 Å². The van der Waals surface area contributed by atoms with Crippen LogP contribution in [0.3, 0.4) is 0 Å². The maximum atomic E-state index is 10.6. The Morgan fingerprint density at radius 3 is 2.27 bits per heavy atom. The number of hydrogen-bond acceptors (Lipinski definition) is 2. The second-order valence-electron chi connectivity index (χ2n) is 1.95. The Hall–Kier alpha value is -1.07. The van der Waals surface area contributed by atoms with E-state index in [9.17, 15) is 13.5 Å². The second-order valence-corrected chi connectivity index (χ2v) is 3.37. The monoisotopic (exact) mass is 173 g/mol. The van der Waals surface area contributed by atoms with E-state index in [0.717, 1.165) is 12.1 Å². The number of hydrogen-bond donors (Lipinski definition) is 1. The van der Waals surface area contributed by atoms with Crippen molar-refractivity contribution in [3.05, 3.63) is 24.3 Å². The Morgan fingerprint density at radius 1 is 1.27 bits per heavy atom. The van der Waals surface area contributed by atoms with Gasteiger partial charge in [0.25, 0.3) is 10.1 Å². The lowest BCUT2D eigenvalue weighted by Crippen LogP contribution is -1.96. The first kappa shape index (κ1) is 8.03. The predicted octanol–water partition coefficient (Wildman–Crippen LogP) is 1.08. The molecule has 1 aromatic carbocycles. The van der Waals surface area contributed by atoms with E-state index in [4.69, 9.17) is 4.55 Å². The minimum Gasteiger partial charge on any atom is -0.290 e. The van der Waals surface area contributed by atoms with Crippen LogP contribution in [-0.4, -0.2) is 13.0 Å². The summed E-state index contributed by atoms with van der Waals surface area (Å²) in [6.07, 6.45) is 0. The van der Waals surface area contributed by atoms with Gasteiger partial charge in [-0.3, -0.25) is 9.66 Å². The van der Waals surface area contributed by atoms with Gasteiger partial charge < -0.3 is 0 Å². The second kappa shape index (κ2) is 2.52. The standard InChI is InChI=1S/C6H5O4S/c7-5-2-1-3-6(4-5)11(8,9)10/h1-4H,(H,8,9,10). The van der Waals surface area contributed by atoms with E-state index < -0.39 is 15.9 Å². The normalized spacial score (nSPS) is 11.4. The molecule has 0 aliphatic rings. The highest BCUT2D eigenvalue weighted by molar-refractivity contribution is 7.85. The van der Waals surface area contributed by atoms with Gasteiger partial charge in [0.05, 0.1) is 4.90 Å². The molecule has 0 fully saturated rings. The lowest BCUT2D eigenvalue weighted by atomic mass is 10.3. The molecule has 0 aliphatic heterocycles. The minimum absolute atomic E-state index is 0.370. The van der Waals surface area contributed by atoms with Gasteiger partial charge in [0.2, 0.25) is 0 Å². The zero-order valence-corrected chi connectivity index (χ0v) is 6.21. The van der Waals surface area contributed by atoms with E-state index in [1.807, 2.05) is 0 Å². The van der Waals surface area contributed by atoms with Crippen molar-refractivity contribution in [3.8, 4) is 5.75 Å². The topological polar surface area (TPSA) is 74.3 Å². The van der Waals surface area contributed by atoms with E-state index in [1.165, 1.54) is 12.1 Å². The summed E-state index contributed by atoms with van der Waals surface area (Å²) in [6, 6.07) is 4.48. The number of rotatable bonds is 1. The van der Waals surface area contributed by atoms with Crippen LogP contribution < -0.4 is 0 Å². The fraction of sp³-hybridized carbons (Fsp3) is 0. The van der Waals surface area contributed by atoms with Crippen molar-refractivity contribution < 1.29 is 18.1 Å². The minimum atomic E-state index is -4.23. The van der Waals surface area contributed by atoms with Gasteiger partial charge in [-0.15, -0.1) is 0 Å². The molecule has 0 bridgehead atoms. The van der Waals surface area contributed by atoms with Crippen LogP contribution in [0.15, 0.2) is 29.2 Å². The predicted molar refractivity (Wildman–Crippen MR) is 36.4 cm³/mol. The molecule has 0 saturated carbocycles. The van der Waals surface area contributed by atoms with Crippen molar-refractivity contribution in [1.82, 2.24) is 0 Å². The summed E-state index contributed by atoms with van der Waals surface area (Å²) in [5.41, 5.74) is 0. The molecular weight excluding hydrogens is 168 g/mol. The highest BCUT2D eigenvalue weighted by atomic mass is 32.2. The summed E-state index contributed by atoms with van der Waals surface area (Å²) in [7, 11) is -4.23. The Labute approximate surface area is 63.9 Å². The first-order chi connectivity index (χ1) is 5.00. The maximum absolute atomic E-state index is 10.6. The van der Waals surface area contributed by atoms with Crippen LogP contribution in [0.5, 0.6) is 5.75 Å². The Bertz CT molecular complexity index is 355. The number of benzene rings is 1. The third-order valence-electron chi connectivity index (χ3n) is 1.10. The highest BCUT2D eigenvalue weighted by Crippen LogP contribution is 2.15. The van der Waals surface area contributed by atoms with Gasteiger partial charge in [0.15, 0.2) is 5.75 Å². The van der Waals surface area contributed by atoms with Crippen LogP contribution in [-0.2, 0) is 15.2 Å². The molecule has 1 rings (SSSR count). The molecule has 0 amide bonds. The summed E-state index contributed by atoms with van der Waals surface area (Å²) < 4.78 is 29.3. The SMILES string of the molecule is [O]c1cccc(S(=O)(=O)O)c1. The maximum Gasteiger partial charge on any atom is 0.294 e. The van der Waals surface area contributed by atoms with Crippen molar-refractivity contribution in [1.29, 1.82) is 0 Å². The molecule has 11 heavy (non-hydrogen) atoms. The van der Waals surface area contributed by atoms with E-state index >= 15 is 0 Å². The molecule has 0 heterocycles. The largest absolute Gasteiger partial charge is 0.294 e. The molecule has 59 valence electrons. The van der Waals surface area contributed by atoms with Crippen LogP contribution in [0.2, 0.25) is 0 Å². The molecular formula is C6H5O4S. The first-order valence-electron chi connectivity index (χ1n) is 2.75. The van der Waals surface area contributed by atoms with Crippen molar-refractivity contribution in [3.63, 3.8) is 0 Å². The Morgan fingerprint density at radius 2 is 1.91 bits per heavy atom. The fourth-order valence-electron chi connectivity index (χ4n) is 0.635. The van der Waals surface area contributed by atoms with E-state index in [-0.39, 0.29) is 4.90 Å². The average molecular weight is 173 g/mol. The van der Waals surface area contributed by atoms with Crippen molar-refractivity contribution in [2.75, 3.05) is 0 Å². The molecule has 0 unspecified atom stereocenters. The highest BCUT2D eigenvalue weighted by Gasteiger charge is 2.08. The van der Waals surface area contributed by atoms with Crippen LogP contribution >= 0.6 is 0 Å². The van der Waals surface area contributed by atoms with Crippen molar-refractivity contribution >= 4 is 10.1 Å². The lowest BCUT2D eigenvalue weighted by Gasteiger charge is -1.93. The molecule has 5 heteroatoms. The summed E-state index contributed by atoms with van der Waals surface area (Å²) in [6.45, 7) is 0. The van der Waals surface area contributed by atoms with Gasteiger partial charge in [-0.2, -0.15) is 8.42 Å². The fourth-order valence-corrected chi connectivity index (χ4v) is 1.15. The molecule has 0 saturated heterocycles. The molecule has 0 aliphatic carbocycles. The molecule has 0 aromatic heterocycles. The van der Waals surface area contributed by atoms with Gasteiger partial charge in [-0.05, 0) is 12.1 Å². The lowest BCUT2D eigenvalue weighted by molar-refractivity contribution is 0.353. The summed E-state index contributed by atoms with van der Waals surface area (Å²) in [5, 5.41) is 10.6. The zero-order chi connectivity index (χ0) is 8.48. The van der Waals surface area contributed by atoms with Crippen molar-refractivity contribution in [2.24, 2.45) is 0 Å². The Balaban J connectivity index is 3.28. The quantitative estimate of drug-likeness (QED) is 0.645. The van der Waals surface area contributed by atoms with E-state index in [0.29, 0.717) is 0 Å². The molecule has 1 N–H and O–H groups in total. The van der Waals surface area contributed by atoms with Crippen LogP contribution in [0.4, 0.5) is 0 Å². The van der Waals surface area contributed by atoms with Gasteiger partial charge in [-0.1, -0.05) is 6.07 Å². The van der Waals surface area contributed by atoms with Crippen molar-refractivity contribution in [2.45, 2.75) is 4.90 Å². The first-order valence-corrected chi connectivity index (χ1v) is 4.19. The van der Waals surface area contributed by atoms with Gasteiger partial charge >= 0.3 is 0 Å². The molecule has 4 nitrogen and oxygen atoms in total. The third kappa shape index (κ3) is 1.92. The molecule has 1 aromatic rings. The third-order valence-corrected chi connectivity index (χ3v) is 1.95. The summed E-state index contributed by atoms with van der Waals surface area (Å²) in [4.78, 5) is -0.370. The van der Waals surface area contributed by atoms with Crippen LogP contribution in [0.1, 0.15) is 0 Å². The molecule has 1 radical (unpaired) electrons. The zero-order valence-electron chi connectivity index (χ0n) is 5.39. The average Bonchev–Trinajstić information content (AvgIpc) is 1.86. The van der Waals surface area contributed by atoms with Gasteiger partial charge in [0.1, 0.15) is 0 Å². The van der Waals surface area contributed by atoms with Crippen LogP contribution in [0.25, 0.3) is 0 Å². The van der Waals surface area contributed by atoms with Crippen LogP contribution in [0, 0.1) is 0 Å². The van der Waals surface area contributed by atoms with Gasteiger partial charge in [-0.25, -0.2) is 0 Å². The smallest absolute Gasteiger partial charge is 0.290 e. The Kier molecular flexibility index (Phi) is 1.84. The summed E-state index contributed by atoms with van der Waals surface area (Å²) in [5.74, 6) is -0.444. The molecule has 0 atom stereocenters.